The number of para-hydroxylation sites is 1. The van der Waals surface area contributed by atoms with E-state index < -0.39 is 6.36 Å². The van der Waals surface area contributed by atoms with Gasteiger partial charge < -0.3 is 10.1 Å². The van der Waals surface area contributed by atoms with Gasteiger partial charge in [-0.1, -0.05) is 30.3 Å². The van der Waals surface area contributed by atoms with E-state index in [-0.39, 0.29) is 5.75 Å². The molecule has 19 heavy (non-hydrogen) atoms. The Hall–Kier alpha value is -2.17. The Morgan fingerprint density at radius 1 is 1.00 bits per heavy atom. The summed E-state index contributed by atoms with van der Waals surface area (Å²) in [4.78, 5) is 0. The molecule has 0 aromatic heterocycles. The lowest BCUT2D eigenvalue weighted by Gasteiger charge is -2.13. The summed E-state index contributed by atoms with van der Waals surface area (Å²) in [5.41, 5.74) is 1.88. The number of alkyl halides is 3. The molecule has 2 nitrogen and oxygen atoms in total. The molecule has 0 saturated heterocycles. The van der Waals surface area contributed by atoms with Crippen molar-refractivity contribution in [2.24, 2.45) is 0 Å². The van der Waals surface area contributed by atoms with E-state index in [4.69, 9.17) is 0 Å². The molecule has 2 aromatic rings. The highest BCUT2D eigenvalue weighted by Crippen LogP contribution is 2.34. The molecule has 0 spiro atoms. The number of halogens is 3. The molecule has 0 unspecified atom stereocenters. The summed E-state index contributed by atoms with van der Waals surface area (Å²) < 4.78 is 41.1. The molecular formula is C14H12F3NO. The van der Waals surface area contributed by atoms with Crippen molar-refractivity contribution in [2.45, 2.75) is 6.36 Å². The van der Waals surface area contributed by atoms with Gasteiger partial charge in [-0.05, 0) is 23.8 Å². The fourth-order valence-electron chi connectivity index (χ4n) is 1.76. The molecule has 0 amide bonds. The summed E-state index contributed by atoms with van der Waals surface area (Å²) in [6.45, 7) is 0. The van der Waals surface area contributed by atoms with Crippen LogP contribution in [0, 0.1) is 0 Å². The number of rotatable bonds is 3. The molecule has 100 valence electrons. The molecule has 0 saturated carbocycles. The molecule has 0 fully saturated rings. The van der Waals surface area contributed by atoms with Crippen LogP contribution in [0.3, 0.4) is 0 Å². The van der Waals surface area contributed by atoms with E-state index in [9.17, 15) is 13.2 Å². The highest BCUT2D eigenvalue weighted by atomic mass is 19.4. The molecule has 2 rings (SSSR count). The van der Waals surface area contributed by atoms with Gasteiger partial charge in [0.2, 0.25) is 0 Å². The van der Waals surface area contributed by atoms with Crippen LogP contribution in [-0.4, -0.2) is 13.4 Å². The first-order valence-electron chi connectivity index (χ1n) is 5.62. The van der Waals surface area contributed by atoms with E-state index >= 15 is 0 Å². The zero-order chi connectivity index (χ0) is 13.9. The lowest BCUT2D eigenvalue weighted by Crippen LogP contribution is -2.17. The van der Waals surface area contributed by atoms with Crippen LogP contribution in [-0.2, 0) is 0 Å². The van der Waals surface area contributed by atoms with Gasteiger partial charge in [0, 0.05) is 18.3 Å². The van der Waals surface area contributed by atoms with Crippen LogP contribution >= 0.6 is 0 Å². The molecular weight excluding hydrogens is 255 g/mol. The van der Waals surface area contributed by atoms with Crippen LogP contribution in [0.15, 0.2) is 48.5 Å². The van der Waals surface area contributed by atoms with Crippen molar-refractivity contribution in [1.29, 1.82) is 0 Å². The van der Waals surface area contributed by atoms with Crippen LogP contribution in [0.4, 0.5) is 18.9 Å². The Kier molecular flexibility index (Phi) is 3.64. The highest BCUT2D eigenvalue weighted by Gasteiger charge is 2.32. The zero-order valence-corrected chi connectivity index (χ0v) is 10.2. The minimum absolute atomic E-state index is 0.205. The van der Waals surface area contributed by atoms with E-state index in [1.54, 1.807) is 37.4 Å². The predicted octanol–water partition coefficient (Wildman–Crippen LogP) is 4.29. The van der Waals surface area contributed by atoms with Gasteiger partial charge in [-0.2, -0.15) is 0 Å². The van der Waals surface area contributed by atoms with Gasteiger partial charge in [0.05, 0.1) is 0 Å². The third-order valence-corrected chi connectivity index (χ3v) is 2.57. The third kappa shape index (κ3) is 3.40. The van der Waals surface area contributed by atoms with E-state index in [2.05, 4.69) is 10.1 Å². The molecule has 0 atom stereocenters. The largest absolute Gasteiger partial charge is 0.573 e. The summed E-state index contributed by atoms with van der Waals surface area (Å²) in [5, 5.41) is 2.94. The smallest absolute Gasteiger partial charge is 0.405 e. The van der Waals surface area contributed by atoms with Crippen LogP contribution in [0.2, 0.25) is 0 Å². The van der Waals surface area contributed by atoms with Gasteiger partial charge in [-0.3, -0.25) is 0 Å². The number of hydrogen-bond donors (Lipinski definition) is 1. The molecule has 0 heterocycles. The summed E-state index contributed by atoms with van der Waals surface area (Å²) in [6, 6.07) is 13.2. The summed E-state index contributed by atoms with van der Waals surface area (Å²) >= 11 is 0. The molecule has 0 aliphatic carbocycles. The van der Waals surface area contributed by atoms with Crippen LogP contribution < -0.4 is 10.1 Å². The first-order chi connectivity index (χ1) is 8.99. The SMILES string of the molecule is CNc1cccc(-c2ccccc2OC(F)(F)F)c1. The van der Waals surface area contributed by atoms with Crippen molar-refractivity contribution in [1.82, 2.24) is 0 Å². The second-order valence-corrected chi connectivity index (χ2v) is 3.87. The molecule has 1 N–H and O–H groups in total. The first-order valence-corrected chi connectivity index (χ1v) is 5.62. The Balaban J connectivity index is 2.44. The number of ether oxygens (including phenoxy) is 1. The number of hydrogen-bond acceptors (Lipinski definition) is 2. The minimum Gasteiger partial charge on any atom is -0.405 e. The minimum atomic E-state index is -4.70. The van der Waals surface area contributed by atoms with Crippen LogP contribution in [0.5, 0.6) is 5.75 Å². The van der Waals surface area contributed by atoms with Crippen molar-refractivity contribution in [3.8, 4) is 16.9 Å². The summed E-state index contributed by atoms with van der Waals surface area (Å²) in [7, 11) is 1.75. The maximum absolute atomic E-state index is 12.3. The van der Waals surface area contributed by atoms with Gasteiger partial charge in [0.1, 0.15) is 5.75 Å². The van der Waals surface area contributed by atoms with Gasteiger partial charge in [0.15, 0.2) is 0 Å². The van der Waals surface area contributed by atoms with Gasteiger partial charge >= 0.3 is 6.36 Å². The fraction of sp³-hybridized carbons (Fsp3) is 0.143. The second kappa shape index (κ2) is 5.22. The molecule has 0 radical (unpaired) electrons. The van der Waals surface area contributed by atoms with E-state index in [0.29, 0.717) is 11.1 Å². The van der Waals surface area contributed by atoms with Gasteiger partial charge in [-0.25, -0.2) is 0 Å². The quantitative estimate of drug-likeness (QED) is 0.895. The van der Waals surface area contributed by atoms with Crippen molar-refractivity contribution >= 4 is 5.69 Å². The Labute approximate surface area is 108 Å². The molecule has 0 aliphatic heterocycles. The Morgan fingerprint density at radius 3 is 2.42 bits per heavy atom. The van der Waals surface area contributed by atoms with Crippen molar-refractivity contribution in [2.75, 3.05) is 12.4 Å². The molecule has 5 heteroatoms. The molecule has 0 bridgehead atoms. The van der Waals surface area contributed by atoms with Crippen LogP contribution in [0.25, 0.3) is 11.1 Å². The monoisotopic (exact) mass is 267 g/mol. The number of nitrogens with one attached hydrogen (secondary N) is 1. The lowest BCUT2D eigenvalue weighted by atomic mass is 10.0. The normalized spacial score (nSPS) is 11.2. The van der Waals surface area contributed by atoms with Gasteiger partial charge in [-0.15, -0.1) is 13.2 Å². The zero-order valence-electron chi connectivity index (χ0n) is 10.2. The second-order valence-electron chi connectivity index (χ2n) is 3.87. The van der Waals surface area contributed by atoms with Crippen molar-refractivity contribution in [3.63, 3.8) is 0 Å². The maximum atomic E-state index is 12.3. The standard InChI is InChI=1S/C14H12F3NO/c1-18-11-6-4-5-10(9-11)12-7-2-3-8-13(12)19-14(15,16)17/h2-9,18H,1H3. The topological polar surface area (TPSA) is 21.3 Å². The maximum Gasteiger partial charge on any atom is 0.573 e. The number of anilines is 1. The summed E-state index contributed by atoms with van der Waals surface area (Å²) in [6.07, 6.45) is -4.70. The fourth-order valence-corrected chi connectivity index (χ4v) is 1.76. The van der Waals surface area contributed by atoms with Crippen LogP contribution in [0.1, 0.15) is 0 Å². The highest BCUT2D eigenvalue weighted by molar-refractivity contribution is 5.73. The molecule has 2 aromatic carbocycles. The number of benzene rings is 2. The molecule has 0 aliphatic rings. The first kappa shape index (κ1) is 13.3. The van der Waals surface area contributed by atoms with Crippen molar-refractivity contribution < 1.29 is 17.9 Å². The average molecular weight is 267 g/mol. The summed E-state index contributed by atoms with van der Waals surface area (Å²) in [5.74, 6) is -0.205. The lowest BCUT2D eigenvalue weighted by molar-refractivity contribution is -0.274. The van der Waals surface area contributed by atoms with E-state index in [0.717, 1.165) is 5.69 Å². The van der Waals surface area contributed by atoms with E-state index in [1.165, 1.54) is 12.1 Å². The van der Waals surface area contributed by atoms with Gasteiger partial charge in [0.25, 0.3) is 0 Å². The Morgan fingerprint density at radius 2 is 1.74 bits per heavy atom. The third-order valence-electron chi connectivity index (χ3n) is 2.57. The average Bonchev–Trinajstić information content (AvgIpc) is 2.37. The predicted molar refractivity (Wildman–Crippen MR) is 68.1 cm³/mol. The Bertz CT molecular complexity index is 567. The van der Waals surface area contributed by atoms with Crippen molar-refractivity contribution in [3.05, 3.63) is 48.5 Å². The van der Waals surface area contributed by atoms with E-state index in [1.807, 2.05) is 6.07 Å².